The first-order valence-electron chi connectivity index (χ1n) is 17.6. The molecule has 56 heavy (non-hydrogen) atoms. The Morgan fingerprint density at radius 2 is 1.11 bits per heavy atom. The van der Waals surface area contributed by atoms with E-state index in [1.165, 1.54) is 22.8 Å². The van der Waals surface area contributed by atoms with Crippen LogP contribution in [-0.4, -0.2) is 49.1 Å². The number of aliphatic hydroxyl groups excluding tert-OH is 1. The monoisotopic (exact) mass is 810 g/mol. The van der Waals surface area contributed by atoms with E-state index >= 15 is 0 Å². The van der Waals surface area contributed by atoms with Crippen molar-refractivity contribution < 1.29 is 5.11 Å². The fourth-order valence-electron chi connectivity index (χ4n) is 5.75. The van der Waals surface area contributed by atoms with Crippen LogP contribution in [0.2, 0.25) is 10.0 Å². The van der Waals surface area contributed by atoms with Gasteiger partial charge >= 0.3 is 11.4 Å². The van der Waals surface area contributed by atoms with Crippen molar-refractivity contribution in [1.29, 1.82) is 0 Å². The number of anilines is 1. The van der Waals surface area contributed by atoms with E-state index in [9.17, 15) is 19.2 Å². The molecule has 17 nitrogen and oxygen atoms in total. The van der Waals surface area contributed by atoms with Crippen molar-refractivity contribution in [3.8, 4) is 0 Å². The average molecular weight is 812 g/mol. The number of aliphatic hydroxyl groups is 1. The molecule has 6 rings (SSSR count). The summed E-state index contributed by atoms with van der Waals surface area (Å²) in [4.78, 5) is 62.2. The second-order valence-corrected chi connectivity index (χ2v) is 13.3. The van der Waals surface area contributed by atoms with E-state index in [0.29, 0.717) is 47.3 Å². The normalized spacial score (nSPS) is 10.6. The lowest BCUT2D eigenvalue weighted by Gasteiger charge is -2.10. The number of azide groups is 1. The van der Waals surface area contributed by atoms with Gasteiger partial charge in [0.1, 0.15) is 0 Å². The van der Waals surface area contributed by atoms with Gasteiger partial charge in [0.2, 0.25) is 5.95 Å². The first-order chi connectivity index (χ1) is 26.3. The molecule has 0 aliphatic rings. The molecule has 6 aromatic rings. The van der Waals surface area contributed by atoms with E-state index < -0.39 is 11.2 Å². The van der Waals surface area contributed by atoms with Gasteiger partial charge in [-0.1, -0.05) is 81.6 Å². The largest absolute Gasteiger partial charge is 0.397 e. The third-order valence-electron chi connectivity index (χ3n) is 8.59. The highest BCUT2D eigenvalue weighted by Gasteiger charge is 2.21. The van der Waals surface area contributed by atoms with Crippen molar-refractivity contribution in [1.82, 2.24) is 37.4 Å². The van der Waals surface area contributed by atoms with Gasteiger partial charge < -0.3 is 20.0 Å². The molecule has 4 aromatic heterocycles. The lowest BCUT2D eigenvalue weighted by molar-refractivity contribution is 0.318. The highest BCUT2D eigenvalue weighted by atomic mass is 35.5. The van der Waals surface area contributed by atoms with Crippen molar-refractivity contribution >= 4 is 57.4 Å². The van der Waals surface area contributed by atoms with E-state index in [0.717, 1.165) is 30.4 Å². The molecule has 0 saturated carbocycles. The van der Waals surface area contributed by atoms with Gasteiger partial charge in [-0.3, -0.25) is 27.9 Å². The van der Waals surface area contributed by atoms with Crippen LogP contribution in [0.25, 0.3) is 32.8 Å². The smallest absolute Gasteiger partial charge is 0.332 e. The van der Waals surface area contributed by atoms with Crippen LogP contribution >= 0.6 is 23.2 Å². The third-order valence-corrected chi connectivity index (χ3v) is 9.09. The van der Waals surface area contributed by atoms with Gasteiger partial charge in [-0.25, -0.2) is 14.6 Å². The second-order valence-electron chi connectivity index (χ2n) is 12.5. The van der Waals surface area contributed by atoms with Gasteiger partial charge in [0.15, 0.2) is 28.3 Å². The lowest BCUT2D eigenvalue weighted by atomic mass is 10.2. The van der Waals surface area contributed by atoms with E-state index in [-0.39, 0.29) is 54.9 Å². The number of rotatable bonds is 11. The lowest BCUT2D eigenvalue weighted by Crippen LogP contribution is -2.39. The fourth-order valence-corrected chi connectivity index (χ4v) is 6.00. The Morgan fingerprint density at radius 3 is 1.52 bits per heavy atom. The van der Waals surface area contributed by atoms with Crippen LogP contribution in [0.4, 0.5) is 11.9 Å². The molecule has 0 aliphatic carbocycles. The molecule has 0 fully saturated rings. The summed E-state index contributed by atoms with van der Waals surface area (Å²) in [5.74, 6) is 0.230. The number of benzene rings is 2. The number of halogens is 2. The Kier molecular flexibility index (Phi) is 16.3. The minimum atomic E-state index is -0.442. The number of aryl methyl sites for hydroxylation is 2. The number of nitrogen functional groups attached to an aromatic ring is 1. The first-order valence-corrected chi connectivity index (χ1v) is 18.4. The standard InChI is InChI=1S/C17H18ClN7O2.C17H20ClN5O2.C2H6O.CH4/c1-3-4-9-24-15(26)13-14(23(2)17(24)27)20-16(21-22-19)25(13)10-11-5-7-12(18)8-6-11;1-3-4-9-22-15(24)13-14(21(2)17(22)25)20-16(19)23(13)10-11-5-7-12(18)8-6-11;1-2-3;/h5-8H,3-4,9-10H2,1-2H3;5-8H,3-4,9-10H2,1-2H3,(H2,19,20);3H,2H2,1H3;1H4. The maximum absolute atomic E-state index is 13.0. The Morgan fingerprint density at radius 1 is 0.714 bits per heavy atom. The molecule has 300 valence electrons. The molecule has 19 heteroatoms. The molecule has 4 heterocycles. The molecule has 0 radical (unpaired) electrons. The molecule has 0 saturated heterocycles. The molecule has 0 unspecified atom stereocenters. The number of aromatic nitrogens is 8. The Hall–Kier alpha value is -5.61. The molecule has 0 atom stereocenters. The zero-order valence-corrected chi connectivity index (χ0v) is 32.8. The molecule has 0 amide bonds. The number of unbranched alkanes of at least 4 members (excludes halogenated alkanes) is 2. The Balaban J connectivity index is 0.000000277. The van der Waals surface area contributed by atoms with Crippen LogP contribution in [0.5, 0.6) is 0 Å². The van der Waals surface area contributed by atoms with Crippen molar-refractivity contribution in [2.24, 2.45) is 19.2 Å². The summed E-state index contributed by atoms with van der Waals surface area (Å²) in [5.41, 5.74) is 16.1. The van der Waals surface area contributed by atoms with Crippen molar-refractivity contribution in [3.63, 3.8) is 0 Å². The summed E-state index contributed by atoms with van der Waals surface area (Å²) in [7, 11) is 3.15. The Labute approximate surface area is 332 Å². The topological polar surface area (TPSA) is 219 Å². The van der Waals surface area contributed by atoms with Crippen molar-refractivity contribution in [2.75, 3.05) is 12.3 Å². The van der Waals surface area contributed by atoms with Gasteiger partial charge in [-0.2, -0.15) is 4.98 Å². The number of nitrogens with zero attached hydrogens (tertiary/aromatic N) is 11. The average Bonchev–Trinajstić information content (AvgIpc) is 3.69. The maximum atomic E-state index is 13.0. The van der Waals surface area contributed by atoms with E-state index in [2.05, 4.69) is 20.0 Å². The summed E-state index contributed by atoms with van der Waals surface area (Å²) >= 11 is 11.8. The molecule has 0 spiro atoms. The molecular weight excluding hydrogens is 763 g/mol. The summed E-state index contributed by atoms with van der Waals surface area (Å²) in [6, 6.07) is 14.4. The number of hydrogen-bond donors (Lipinski definition) is 2. The summed E-state index contributed by atoms with van der Waals surface area (Å²) in [6.45, 7) is 7.25. The van der Waals surface area contributed by atoms with Crippen LogP contribution < -0.4 is 28.2 Å². The predicted octanol–water partition coefficient (Wildman–Crippen LogP) is 5.96. The highest BCUT2D eigenvalue weighted by Crippen LogP contribution is 2.22. The molecule has 0 aliphatic heterocycles. The summed E-state index contributed by atoms with van der Waals surface area (Å²) in [5, 5.41) is 12.4. The van der Waals surface area contributed by atoms with E-state index in [1.54, 1.807) is 49.9 Å². The molecule has 3 N–H and O–H groups in total. The van der Waals surface area contributed by atoms with Gasteiger partial charge in [0, 0.05) is 55.3 Å². The molecule has 0 bridgehead atoms. The third kappa shape index (κ3) is 9.78. The SMILES string of the molecule is C.CCCCn1c(=O)c2c(nc(N)n2Cc2ccc(Cl)cc2)n(C)c1=O.CCCCn1c(=O)c2c(nc(N=[N+]=[N-])n2Cc2ccc(Cl)cc2)n(C)c1=O.CCO. The van der Waals surface area contributed by atoms with Crippen LogP contribution in [-0.2, 0) is 40.3 Å². The van der Waals surface area contributed by atoms with E-state index in [4.69, 9.17) is 39.6 Å². The minimum Gasteiger partial charge on any atom is -0.397 e. The highest BCUT2D eigenvalue weighted by molar-refractivity contribution is 6.30. The summed E-state index contributed by atoms with van der Waals surface area (Å²) in [6.07, 6.45) is 3.19. The van der Waals surface area contributed by atoms with Gasteiger partial charge in [0.25, 0.3) is 11.1 Å². The number of nitrogens with two attached hydrogens (primary N) is 1. The van der Waals surface area contributed by atoms with Crippen LogP contribution in [0.15, 0.2) is 72.8 Å². The number of fused-ring (bicyclic) bond motifs is 2. The minimum absolute atomic E-state index is 0. The maximum Gasteiger partial charge on any atom is 0.332 e. The quantitative estimate of drug-likeness (QED) is 0.0902. The Bertz CT molecular complexity index is 2560. The predicted molar refractivity (Wildman–Crippen MR) is 222 cm³/mol. The van der Waals surface area contributed by atoms with Crippen LogP contribution in [0.1, 0.15) is 65.0 Å². The van der Waals surface area contributed by atoms with Gasteiger partial charge in [-0.05, 0) is 65.8 Å². The second kappa shape index (κ2) is 20.3. The van der Waals surface area contributed by atoms with Gasteiger partial charge in [-0.15, -0.1) is 0 Å². The van der Waals surface area contributed by atoms with Gasteiger partial charge in [0.05, 0.1) is 6.54 Å². The van der Waals surface area contributed by atoms with Crippen molar-refractivity contribution in [3.05, 3.63) is 122 Å². The fraction of sp³-hybridized carbons (Fsp3) is 0.405. The zero-order valence-electron chi connectivity index (χ0n) is 31.3. The zero-order chi connectivity index (χ0) is 40.4. The van der Waals surface area contributed by atoms with Crippen LogP contribution in [0.3, 0.4) is 0 Å². The van der Waals surface area contributed by atoms with E-state index in [1.807, 2.05) is 38.1 Å². The first kappa shape index (κ1) is 44.8. The molecular formula is C37H48Cl2N12O5. The summed E-state index contributed by atoms with van der Waals surface area (Å²) < 4.78 is 8.31. The molecule has 2 aromatic carbocycles. The number of hydrogen-bond acceptors (Lipinski definition) is 9. The van der Waals surface area contributed by atoms with Crippen molar-refractivity contribution in [2.45, 2.75) is 80.1 Å². The van der Waals surface area contributed by atoms with Crippen LogP contribution in [0, 0.1) is 0 Å². The number of imidazole rings is 2.